The topological polar surface area (TPSA) is 149 Å². The predicted molar refractivity (Wildman–Crippen MR) is 241 cm³/mol. The minimum absolute atomic E-state index is 0.0375. The molecule has 0 fully saturated rings. The first-order chi connectivity index (χ1) is 28.7. The van der Waals surface area contributed by atoms with Crippen LogP contribution in [0.4, 0.5) is 0 Å². The summed E-state index contributed by atoms with van der Waals surface area (Å²) in [6, 6.07) is 0. The van der Waals surface area contributed by atoms with E-state index in [1.165, 1.54) is 0 Å². The van der Waals surface area contributed by atoms with Gasteiger partial charge in [0, 0.05) is 12.8 Å². The van der Waals surface area contributed by atoms with Gasteiger partial charge in [-0.3, -0.25) is 18.6 Å². The Labute approximate surface area is 355 Å². The molecule has 0 spiro atoms. The highest BCUT2D eigenvalue weighted by atomic mass is 31.2. The van der Waals surface area contributed by atoms with Gasteiger partial charge in [0.25, 0.3) is 0 Å². The molecule has 3 N–H and O–H groups in total. The number of unbranched alkanes of at least 4 members (excludes halogenated alkanes) is 1. The van der Waals surface area contributed by atoms with Gasteiger partial charge in [0.05, 0.1) is 19.8 Å². The van der Waals surface area contributed by atoms with Crippen molar-refractivity contribution in [3.05, 3.63) is 134 Å². The highest BCUT2D eigenvalue weighted by molar-refractivity contribution is 7.47. The summed E-state index contributed by atoms with van der Waals surface area (Å²) in [5, 5.41) is 18.3. The molecule has 11 heteroatoms. The monoisotopic (exact) mass is 840 g/mol. The Morgan fingerprint density at radius 3 is 1.29 bits per heavy atom. The molecule has 0 aliphatic rings. The van der Waals surface area contributed by atoms with E-state index in [2.05, 4.69) is 122 Å². The lowest BCUT2D eigenvalue weighted by Crippen LogP contribution is -2.29. The maximum Gasteiger partial charge on any atom is 0.472 e. The van der Waals surface area contributed by atoms with E-state index >= 15 is 0 Å². The first-order valence-electron chi connectivity index (χ1n) is 21.1. The highest BCUT2D eigenvalue weighted by Gasteiger charge is 2.27. The number of aliphatic hydroxyl groups is 2. The van der Waals surface area contributed by atoms with Crippen LogP contribution in [0.5, 0.6) is 0 Å². The number of hydrogen-bond acceptors (Lipinski definition) is 9. The summed E-state index contributed by atoms with van der Waals surface area (Å²) >= 11 is 0. The van der Waals surface area contributed by atoms with Crippen LogP contribution in [-0.4, -0.2) is 65.7 Å². The second kappa shape index (κ2) is 42.2. The molecule has 0 rings (SSSR count). The number of esters is 2. The molecule has 0 aliphatic carbocycles. The number of allylic oxidation sites excluding steroid dienone is 22. The van der Waals surface area contributed by atoms with Crippen LogP contribution in [0, 0.1) is 0 Å². The van der Waals surface area contributed by atoms with Gasteiger partial charge >= 0.3 is 19.8 Å². The molecule has 0 amide bonds. The van der Waals surface area contributed by atoms with Crippen molar-refractivity contribution in [1.82, 2.24) is 0 Å². The Morgan fingerprint density at radius 2 is 0.881 bits per heavy atom. The van der Waals surface area contributed by atoms with Crippen LogP contribution in [0.3, 0.4) is 0 Å². The molecule has 330 valence electrons. The fourth-order valence-corrected chi connectivity index (χ4v) is 5.43. The number of carbonyl (C=O) groups excluding carboxylic acids is 2. The van der Waals surface area contributed by atoms with Crippen molar-refractivity contribution >= 4 is 19.8 Å². The van der Waals surface area contributed by atoms with Gasteiger partial charge in [-0.25, -0.2) is 4.57 Å². The molecule has 59 heavy (non-hydrogen) atoms. The molecule has 0 aliphatic heterocycles. The molecule has 0 heterocycles. The van der Waals surface area contributed by atoms with Gasteiger partial charge in [0.15, 0.2) is 6.10 Å². The SMILES string of the molecule is CC/C=C\C/C=C\C/C=C\C/C=C\C/C=C\C/C=C\CCC(=O)O[C@H](COC(=O)CCC/C=C\C/C=C\C/C=C\C/C=C\C/C=C\CC)COP(=O)(O)OC[C@@H](O)CO. The first-order valence-corrected chi connectivity index (χ1v) is 22.6. The second-order valence-corrected chi connectivity index (χ2v) is 14.7. The van der Waals surface area contributed by atoms with Crippen molar-refractivity contribution < 1.29 is 47.8 Å². The number of aliphatic hydroxyl groups excluding tert-OH is 2. The summed E-state index contributed by atoms with van der Waals surface area (Å²) in [6.45, 7) is 1.96. The molecule has 1 unspecified atom stereocenters. The van der Waals surface area contributed by atoms with E-state index in [0.29, 0.717) is 25.7 Å². The Kier molecular flexibility index (Phi) is 39.5. The zero-order chi connectivity index (χ0) is 43.3. The van der Waals surface area contributed by atoms with Crippen molar-refractivity contribution in [2.75, 3.05) is 26.4 Å². The molecule has 10 nitrogen and oxygen atoms in total. The number of phosphoric acid groups is 1. The van der Waals surface area contributed by atoms with E-state index in [1.807, 2.05) is 30.4 Å². The molecular weight excluding hydrogens is 767 g/mol. The van der Waals surface area contributed by atoms with Crippen LogP contribution in [0.25, 0.3) is 0 Å². The van der Waals surface area contributed by atoms with Gasteiger partial charge in [0.1, 0.15) is 12.7 Å². The van der Waals surface area contributed by atoms with E-state index < -0.39 is 51.8 Å². The van der Waals surface area contributed by atoms with Gasteiger partial charge < -0.3 is 24.6 Å². The average Bonchev–Trinajstić information content (AvgIpc) is 3.22. The van der Waals surface area contributed by atoms with Crippen molar-refractivity contribution in [1.29, 1.82) is 0 Å². The molecule has 0 aromatic rings. The third kappa shape index (κ3) is 42.1. The zero-order valence-electron chi connectivity index (χ0n) is 35.6. The summed E-state index contributed by atoms with van der Waals surface area (Å²) in [5.74, 6) is -1.11. The predicted octanol–water partition coefficient (Wildman–Crippen LogP) is 11.3. The Hall–Kier alpha value is -3.89. The quantitative estimate of drug-likeness (QED) is 0.0239. The van der Waals surface area contributed by atoms with E-state index in [9.17, 15) is 24.2 Å². The minimum atomic E-state index is -4.66. The lowest BCUT2D eigenvalue weighted by molar-refractivity contribution is -0.161. The third-order valence-corrected chi connectivity index (χ3v) is 8.76. The number of carbonyl (C=O) groups is 2. The Balaban J connectivity index is 4.57. The lowest BCUT2D eigenvalue weighted by Gasteiger charge is -2.20. The summed E-state index contributed by atoms with van der Waals surface area (Å²) < 4.78 is 32.5. The summed E-state index contributed by atoms with van der Waals surface area (Å²) in [7, 11) is -4.66. The summed E-state index contributed by atoms with van der Waals surface area (Å²) in [6.07, 6.45) is 55.8. The molecule has 0 radical (unpaired) electrons. The first kappa shape index (κ1) is 55.1. The number of phosphoric ester groups is 1. The number of rotatable bonds is 37. The van der Waals surface area contributed by atoms with E-state index in [1.54, 1.807) is 0 Å². The van der Waals surface area contributed by atoms with Crippen LogP contribution < -0.4 is 0 Å². The minimum Gasteiger partial charge on any atom is -0.462 e. The molecule has 0 bridgehead atoms. The van der Waals surface area contributed by atoms with Gasteiger partial charge in [-0.05, 0) is 89.9 Å². The van der Waals surface area contributed by atoms with Gasteiger partial charge in [0.2, 0.25) is 0 Å². The average molecular weight is 841 g/mol. The lowest BCUT2D eigenvalue weighted by atomic mass is 10.2. The van der Waals surface area contributed by atoms with E-state index in [4.69, 9.17) is 19.1 Å². The zero-order valence-corrected chi connectivity index (χ0v) is 36.5. The van der Waals surface area contributed by atoms with Crippen molar-refractivity contribution in [3.8, 4) is 0 Å². The Bertz CT molecular complexity index is 1430. The molecule has 0 aromatic heterocycles. The van der Waals surface area contributed by atoms with E-state index in [0.717, 1.165) is 64.2 Å². The van der Waals surface area contributed by atoms with Crippen LogP contribution in [0.2, 0.25) is 0 Å². The Morgan fingerprint density at radius 1 is 0.508 bits per heavy atom. The fourth-order valence-electron chi connectivity index (χ4n) is 4.64. The van der Waals surface area contributed by atoms with Gasteiger partial charge in [-0.2, -0.15) is 0 Å². The van der Waals surface area contributed by atoms with Crippen molar-refractivity contribution in [2.24, 2.45) is 0 Å². The van der Waals surface area contributed by atoms with Gasteiger partial charge in [-0.15, -0.1) is 0 Å². The summed E-state index contributed by atoms with van der Waals surface area (Å²) in [4.78, 5) is 34.9. The highest BCUT2D eigenvalue weighted by Crippen LogP contribution is 2.43. The molecular formula is C48H73O10P. The largest absolute Gasteiger partial charge is 0.472 e. The van der Waals surface area contributed by atoms with Crippen molar-refractivity contribution in [3.63, 3.8) is 0 Å². The normalized spacial score (nSPS) is 15.1. The standard InChI is InChI=1S/C48H73O10P/c1-3-5-7-9-11-13-15-17-19-21-22-24-26-28-30-32-34-36-38-40-48(52)58-46(44-57-59(53,54)56-42-45(50)41-49)43-55-47(51)39-37-35-33-31-29-27-25-23-20-18-16-14-12-10-8-6-4-2/h5-8,11-14,17-20,22,24-25,27-28,30-31,33-34,36,45-46,49-50H,3-4,9-10,15-16,21,23,26,29,32,35,37-44H2,1-2H3,(H,53,54)/b7-5-,8-6-,13-11-,14-12-,19-17-,20-18-,24-22-,27-25-,30-28-,33-31-,36-34-/t45-,46+/m0/s1. The van der Waals surface area contributed by atoms with E-state index in [-0.39, 0.29) is 19.4 Å². The smallest absolute Gasteiger partial charge is 0.462 e. The third-order valence-electron chi connectivity index (χ3n) is 7.81. The van der Waals surface area contributed by atoms with Crippen LogP contribution in [0.1, 0.15) is 117 Å². The summed E-state index contributed by atoms with van der Waals surface area (Å²) in [5.41, 5.74) is 0. The molecule has 0 saturated heterocycles. The van der Waals surface area contributed by atoms with Crippen LogP contribution in [-0.2, 0) is 32.7 Å². The maximum absolute atomic E-state index is 12.6. The fraction of sp³-hybridized carbons (Fsp3) is 0.500. The van der Waals surface area contributed by atoms with Crippen LogP contribution in [0.15, 0.2) is 134 Å². The molecule has 0 aromatic carbocycles. The second-order valence-electron chi connectivity index (χ2n) is 13.2. The van der Waals surface area contributed by atoms with Crippen LogP contribution >= 0.6 is 7.82 Å². The maximum atomic E-state index is 12.6. The molecule has 3 atom stereocenters. The number of ether oxygens (including phenoxy) is 2. The molecule has 0 saturated carbocycles. The van der Waals surface area contributed by atoms with Gasteiger partial charge in [-0.1, -0.05) is 148 Å². The van der Waals surface area contributed by atoms with Crippen molar-refractivity contribution in [2.45, 2.75) is 129 Å². The number of hydrogen-bond donors (Lipinski definition) is 3.